The molecule has 18 N–H and O–H groups in total. The molecule has 34 heteroatoms. The van der Waals surface area contributed by atoms with Gasteiger partial charge in [0.05, 0.1) is 24.0 Å². The standard InChI is InChI=1S/C72H72O34/c1-25-49(81)57(89)65(71(97-25)103-63-53(85)45-37(79)19-35(77)21-39(45)99-61(63)29-7-15-33(75)16-8-29)105-69-59(91)55(87)51(83)41(101-69)23-95-67(93)47-43(27-3-11-31(73)12-4-27)44(28-5-13-32(74)14-6-28)48(47)68(94)96-24-42-52(84)56(88)60(92)70(102-42)106-66-58(90)50(82)26(2)98-72(66)104-64-54(86)46-38(80)20-36(78)22-40(46)100-62(64)30-9-17-34(76)18-10-30/h3-22,25-26,41-44,47-52,55-60,65-66,69-84,87-92H,23-24H2,1-2H3/t25-,26-,41+,42+,43-,44+,47+,48-,49-,50-,51+,52+,55-,56-,57+,58+,59+,60+,65+,66+,69-,70-,71-,72-/m0/s1. The van der Waals surface area contributed by atoms with E-state index >= 15 is 9.59 Å². The minimum Gasteiger partial charge on any atom is -0.508 e. The van der Waals surface area contributed by atoms with Gasteiger partial charge >= 0.3 is 11.9 Å². The third-order valence-corrected chi connectivity index (χ3v) is 19.5. The van der Waals surface area contributed by atoms with Gasteiger partial charge in [-0.15, -0.1) is 0 Å². The Hall–Kier alpha value is -9.96. The molecule has 0 unspecified atom stereocenters. The van der Waals surface area contributed by atoms with Gasteiger partial charge in [0.25, 0.3) is 0 Å². The van der Waals surface area contributed by atoms with E-state index in [1.807, 2.05) is 0 Å². The van der Waals surface area contributed by atoms with E-state index in [2.05, 4.69) is 0 Å². The lowest BCUT2D eigenvalue weighted by molar-refractivity contribution is -0.356. The fraction of sp³-hybridized carbons (Fsp3) is 0.389. The first kappa shape index (κ1) is 74.3. The average molecular weight is 1480 g/mol. The van der Waals surface area contributed by atoms with E-state index in [1.54, 1.807) is 0 Å². The van der Waals surface area contributed by atoms with Gasteiger partial charge in [0, 0.05) is 47.2 Å². The molecule has 5 fully saturated rings. The number of esters is 2. The van der Waals surface area contributed by atoms with Gasteiger partial charge in [0.2, 0.25) is 34.9 Å². The number of hydrogen-bond acceptors (Lipinski definition) is 34. The van der Waals surface area contributed by atoms with Gasteiger partial charge in [0.1, 0.15) is 154 Å². The van der Waals surface area contributed by atoms with Gasteiger partial charge < -0.3 is 148 Å². The highest BCUT2D eigenvalue weighted by molar-refractivity contribution is 5.90. The fourth-order valence-corrected chi connectivity index (χ4v) is 13.8. The van der Waals surface area contributed by atoms with E-state index in [0.29, 0.717) is 11.1 Å². The summed E-state index contributed by atoms with van der Waals surface area (Å²) in [5.41, 5.74) is -2.03. The highest BCUT2D eigenvalue weighted by Gasteiger charge is 2.61. The lowest BCUT2D eigenvalue weighted by Gasteiger charge is -2.50. The summed E-state index contributed by atoms with van der Waals surface area (Å²) in [5.74, 6) is -13.4. The van der Waals surface area contributed by atoms with E-state index in [4.69, 9.17) is 56.2 Å². The van der Waals surface area contributed by atoms with Crippen molar-refractivity contribution < 1.29 is 158 Å². The average Bonchev–Trinajstić information content (AvgIpc) is 0.735. The van der Waals surface area contributed by atoms with E-state index in [-0.39, 0.29) is 56.8 Å². The predicted octanol–water partition coefficient (Wildman–Crippen LogP) is 0.555. The van der Waals surface area contributed by atoms with E-state index < -0.39 is 228 Å². The number of aliphatic hydroxyl groups excluding tert-OH is 10. The first-order chi connectivity index (χ1) is 50.5. The monoisotopic (exact) mass is 1480 g/mol. The lowest BCUT2D eigenvalue weighted by Crippen LogP contribution is -2.64. The van der Waals surface area contributed by atoms with Crippen LogP contribution in [-0.4, -0.2) is 240 Å². The quantitative estimate of drug-likeness (QED) is 0.0522. The van der Waals surface area contributed by atoms with Crippen molar-refractivity contribution in [2.45, 2.75) is 149 Å². The molecule has 0 bridgehead atoms. The number of benzene rings is 6. The maximum Gasteiger partial charge on any atom is 0.310 e. The van der Waals surface area contributed by atoms with Gasteiger partial charge in [-0.1, -0.05) is 24.3 Å². The summed E-state index contributed by atoms with van der Waals surface area (Å²) in [4.78, 5) is 58.7. The molecule has 0 spiro atoms. The summed E-state index contributed by atoms with van der Waals surface area (Å²) in [6.45, 7) is 0.562. The van der Waals surface area contributed by atoms with Crippen molar-refractivity contribution in [3.05, 3.63) is 153 Å². The topological polar surface area (TPSA) is 551 Å². The summed E-state index contributed by atoms with van der Waals surface area (Å²) < 4.78 is 71.6. The molecule has 24 atom stereocenters. The minimum atomic E-state index is -2.23. The minimum absolute atomic E-state index is 0.0787. The number of ether oxygens (including phenoxy) is 10. The molecule has 6 heterocycles. The fourth-order valence-electron chi connectivity index (χ4n) is 13.8. The molecule has 8 aromatic rings. The molecule has 34 nitrogen and oxygen atoms in total. The number of fused-ring (bicyclic) bond motifs is 2. The molecule has 106 heavy (non-hydrogen) atoms. The van der Waals surface area contributed by atoms with Gasteiger partial charge in [-0.05, 0) is 97.8 Å². The third kappa shape index (κ3) is 14.1. The number of aromatic hydroxyl groups is 8. The van der Waals surface area contributed by atoms with Crippen LogP contribution in [0.25, 0.3) is 44.6 Å². The molecule has 5 aliphatic rings. The number of hydrogen-bond donors (Lipinski definition) is 18. The van der Waals surface area contributed by atoms with E-state index in [9.17, 15) is 102 Å². The van der Waals surface area contributed by atoms with Crippen LogP contribution in [0.4, 0.5) is 0 Å². The highest BCUT2D eigenvalue weighted by Crippen LogP contribution is 2.59. The molecule has 564 valence electrons. The smallest absolute Gasteiger partial charge is 0.310 e. The van der Waals surface area contributed by atoms with Crippen LogP contribution >= 0.6 is 0 Å². The van der Waals surface area contributed by atoms with Gasteiger partial charge in [-0.3, -0.25) is 19.2 Å². The lowest BCUT2D eigenvalue weighted by atomic mass is 9.52. The van der Waals surface area contributed by atoms with E-state index in [1.165, 1.54) is 111 Å². The Morgan fingerprint density at radius 1 is 0.377 bits per heavy atom. The number of carbonyl (C=O) groups excluding carboxylic acids is 2. The van der Waals surface area contributed by atoms with Crippen LogP contribution in [0.5, 0.6) is 57.5 Å². The maximum absolute atomic E-state index is 15.0. The van der Waals surface area contributed by atoms with Gasteiger partial charge in [-0.25, -0.2) is 0 Å². The Kier molecular flexibility index (Phi) is 20.9. The van der Waals surface area contributed by atoms with Crippen molar-refractivity contribution in [3.8, 4) is 80.1 Å². The van der Waals surface area contributed by atoms with Crippen molar-refractivity contribution >= 4 is 33.9 Å². The zero-order valence-corrected chi connectivity index (χ0v) is 55.4. The number of carbonyl (C=O) groups is 2. The predicted molar refractivity (Wildman–Crippen MR) is 353 cm³/mol. The Balaban J connectivity index is 0.754. The highest BCUT2D eigenvalue weighted by atomic mass is 16.8. The molecular formula is C72H72O34. The van der Waals surface area contributed by atoms with Gasteiger partial charge in [-0.2, -0.15) is 0 Å². The molecule has 4 aliphatic heterocycles. The van der Waals surface area contributed by atoms with Crippen LogP contribution in [0.3, 0.4) is 0 Å². The molecule has 1 aliphatic carbocycles. The Morgan fingerprint density at radius 3 is 1.05 bits per heavy atom. The van der Waals surface area contributed by atoms with E-state index in [0.717, 1.165) is 24.3 Å². The van der Waals surface area contributed by atoms with Crippen LogP contribution in [-0.2, 0) is 47.5 Å². The SMILES string of the molecule is C[C@@H]1O[C@@H](Oc2c(-c3ccc(O)cc3)oc3cc(O)cc(O)c3c2=O)[C@H](O[C@@H]2O[C@H](COC(=O)[C@@H]3[C@H](C(=O)OC[C@H]4O[C@@H](O[C@H]5[C@H](Oc6c(-c7ccc(O)cc7)oc7cc(O)cc(O)c7c6=O)O[C@@H](C)[C@H](O)[C@H]5O)[C@H](O)[C@@H](O)[C@@H]4O)[C@@H](c4ccc(O)cc4)[C@H]3c3ccc(O)cc3)[C@@H](O)[C@H](O)[C@H]2O)[C@H](O)[C@H]1O. The Labute approximate surface area is 596 Å². The third-order valence-electron chi connectivity index (χ3n) is 19.5. The van der Waals surface area contributed by atoms with Crippen LogP contribution in [0.1, 0.15) is 36.8 Å². The van der Waals surface area contributed by atoms with Crippen LogP contribution < -0.4 is 20.3 Å². The first-order valence-electron chi connectivity index (χ1n) is 33.1. The molecule has 6 aromatic carbocycles. The number of rotatable bonds is 18. The second-order valence-electron chi connectivity index (χ2n) is 26.3. The molecule has 0 radical (unpaired) electrons. The van der Waals surface area contributed by atoms with Crippen molar-refractivity contribution in [3.63, 3.8) is 0 Å². The van der Waals surface area contributed by atoms with Crippen LogP contribution in [0.2, 0.25) is 0 Å². The molecule has 13 rings (SSSR count). The van der Waals surface area contributed by atoms with Crippen molar-refractivity contribution in [1.82, 2.24) is 0 Å². The Morgan fingerprint density at radius 2 is 0.708 bits per heavy atom. The normalized spacial score (nSPS) is 32.4. The summed E-state index contributed by atoms with van der Waals surface area (Å²) in [7, 11) is 0. The first-order valence-corrected chi connectivity index (χ1v) is 33.1. The largest absolute Gasteiger partial charge is 0.508 e. The maximum atomic E-state index is 15.0. The molecule has 4 saturated heterocycles. The molecule has 1 saturated carbocycles. The molecule has 2 aromatic heterocycles. The second-order valence-corrected chi connectivity index (χ2v) is 26.3. The molecular weight excluding hydrogens is 1410 g/mol. The zero-order valence-electron chi connectivity index (χ0n) is 55.4. The zero-order chi connectivity index (χ0) is 75.8. The summed E-state index contributed by atoms with van der Waals surface area (Å²) in [5, 5.41) is 196. The van der Waals surface area contributed by atoms with Crippen LogP contribution in [0, 0.1) is 11.8 Å². The van der Waals surface area contributed by atoms with Crippen LogP contribution in [0.15, 0.2) is 140 Å². The Bertz CT molecular complexity index is 4350. The van der Waals surface area contributed by atoms with Gasteiger partial charge in [0.15, 0.2) is 36.3 Å². The summed E-state index contributed by atoms with van der Waals surface area (Å²) >= 11 is 0. The number of aliphatic hydroxyl groups is 10. The number of phenolic OH excluding ortho intramolecular Hbond substituents is 8. The van der Waals surface area contributed by atoms with Crippen molar-refractivity contribution in [2.24, 2.45) is 11.8 Å². The summed E-state index contributed by atoms with van der Waals surface area (Å²) in [6, 6.07) is 24.8. The van der Waals surface area contributed by atoms with Crippen molar-refractivity contribution in [1.29, 1.82) is 0 Å². The van der Waals surface area contributed by atoms with Crippen molar-refractivity contribution in [2.75, 3.05) is 13.2 Å². The summed E-state index contributed by atoms with van der Waals surface area (Å²) in [6.07, 6.45) is -39.6. The second kappa shape index (κ2) is 29.8. The number of phenols is 8. The molecule has 0 amide bonds.